The second kappa shape index (κ2) is 5.85. The van der Waals surface area contributed by atoms with Crippen molar-refractivity contribution in [3.8, 4) is 0 Å². The molecule has 1 aromatic heterocycles. The number of aromatic nitrogens is 1. The predicted molar refractivity (Wildman–Crippen MR) is 80.2 cm³/mol. The fourth-order valence-electron chi connectivity index (χ4n) is 2.50. The molecule has 7 heteroatoms. The third-order valence-electron chi connectivity index (χ3n) is 3.77. The van der Waals surface area contributed by atoms with E-state index in [0.29, 0.717) is 11.4 Å². The van der Waals surface area contributed by atoms with Gasteiger partial charge in [0, 0.05) is 17.1 Å². The Bertz CT molecular complexity index is 748. The maximum absolute atomic E-state index is 12.6. The molecule has 0 spiro atoms. The molecule has 1 fully saturated rings. The highest BCUT2D eigenvalue weighted by Crippen LogP contribution is 2.50. The lowest BCUT2D eigenvalue weighted by Gasteiger charge is -2.09. The van der Waals surface area contributed by atoms with E-state index in [-0.39, 0.29) is 23.6 Å². The summed E-state index contributed by atoms with van der Waals surface area (Å²) < 4.78 is 37.9. The van der Waals surface area contributed by atoms with E-state index in [9.17, 15) is 18.0 Å². The average molecular weight is 341 g/mol. The highest BCUT2D eigenvalue weighted by molar-refractivity contribution is 6.31. The minimum absolute atomic E-state index is 0.00509. The lowest BCUT2D eigenvalue weighted by Crippen LogP contribution is -2.16. The first kappa shape index (κ1) is 15.8. The maximum atomic E-state index is 12.6. The summed E-state index contributed by atoms with van der Waals surface area (Å²) in [6.45, 7) is 0. The van der Waals surface area contributed by atoms with Gasteiger partial charge in [-0.2, -0.15) is 13.2 Å². The number of pyridine rings is 1. The van der Waals surface area contributed by atoms with Crippen LogP contribution in [0.4, 0.5) is 19.0 Å². The summed E-state index contributed by atoms with van der Waals surface area (Å²) in [5.74, 6) is -0.753. The van der Waals surface area contributed by atoms with E-state index in [2.05, 4.69) is 10.3 Å². The summed E-state index contributed by atoms with van der Waals surface area (Å²) in [6, 6.07) is 8.92. The Morgan fingerprint density at radius 1 is 1.26 bits per heavy atom. The first-order valence-electron chi connectivity index (χ1n) is 6.95. The topological polar surface area (TPSA) is 42.0 Å². The summed E-state index contributed by atoms with van der Waals surface area (Å²) >= 11 is 6.09. The van der Waals surface area contributed by atoms with Crippen molar-refractivity contribution in [2.75, 3.05) is 5.32 Å². The molecule has 3 nitrogen and oxygen atoms in total. The highest BCUT2D eigenvalue weighted by Gasteiger charge is 2.45. The van der Waals surface area contributed by atoms with Crippen molar-refractivity contribution < 1.29 is 18.0 Å². The van der Waals surface area contributed by atoms with Gasteiger partial charge in [0.05, 0.1) is 5.56 Å². The molecular formula is C16H12ClF3N2O. The van der Waals surface area contributed by atoms with E-state index in [1.165, 1.54) is 0 Å². The van der Waals surface area contributed by atoms with E-state index in [0.717, 1.165) is 23.9 Å². The van der Waals surface area contributed by atoms with Gasteiger partial charge in [-0.3, -0.25) is 4.79 Å². The van der Waals surface area contributed by atoms with Crippen LogP contribution in [0.25, 0.3) is 0 Å². The zero-order chi connectivity index (χ0) is 16.6. The van der Waals surface area contributed by atoms with Crippen LogP contribution >= 0.6 is 11.6 Å². The van der Waals surface area contributed by atoms with Crippen molar-refractivity contribution in [2.24, 2.45) is 5.92 Å². The zero-order valence-corrected chi connectivity index (χ0v) is 12.5. The number of carbonyl (C=O) groups excluding carboxylic acids is 1. The summed E-state index contributed by atoms with van der Waals surface area (Å²) in [5, 5.41) is 3.03. The molecule has 1 aliphatic carbocycles. The molecular weight excluding hydrogens is 329 g/mol. The van der Waals surface area contributed by atoms with E-state index in [1.807, 2.05) is 12.1 Å². The Kier molecular flexibility index (Phi) is 4.02. The Morgan fingerprint density at radius 3 is 2.70 bits per heavy atom. The van der Waals surface area contributed by atoms with Gasteiger partial charge in [-0.1, -0.05) is 29.8 Å². The van der Waals surface area contributed by atoms with Crippen molar-refractivity contribution in [1.29, 1.82) is 0 Å². The number of benzene rings is 1. The van der Waals surface area contributed by atoms with Gasteiger partial charge in [0.2, 0.25) is 5.91 Å². The normalized spacial score (nSPS) is 20.2. The minimum Gasteiger partial charge on any atom is -0.310 e. The van der Waals surface area contributed by atoms with E-state index in [1.54, 1.807) is 12.1 Å². The van der Waals surface area contributed by atoms with E-state index < -0.39 is 11.7 Å². The Hall–Kier alpha value is -2.08. The fraction of sp³-hybridized carbons (Fsp3) is 0.250. The molecule has 1 saturated carbocycles. The lowest BCUT2D eigenvalue weighted by molar-refractivity contribution is -0.137. The molecule has 0 bridgehead atoms. The molecule has 3 rings (SSSR count). The van der Waals surface area contributed by atoms with Gasteiger partial charge in [-0.15, -0.1) is 0 Å². The van der Waals surface area contributed by atoms with Crippen LogP contribution < -0.4 is 5.32 Å². The number of rotatable bonds is 3. The zero-order valence-electron chi connectivity index (χ0n) is 11.8. The van der Waals surface area contributed by atoms with Crippen molar-refractivity contribution in [3.05, 3.63) is 58.7 Å². The number of halogens is 4. The molecule has 23 heavy (non-hydrogen) atoms. The minimum atomic E-state index is -4.47. The van der Waals surface area contributed by atoms with Crippen LogP contribution in [0, 0.1) is 5.92 Å². The summed E-state index contributed by atoms with van der Waals surface area (Å²) in [6.07, 6.45) is -2.83. The summed E-state index contributed by atoms with van der Waals surface area (Å²) in [4.78, 5) is 15.9. The van der Waals surface area contributed by atoms with Crippen LogP contribution in [-0.2, 0) is 11.0 Å². The number of amides is 1. The predicted octanol–water partition coefficient (Wildman–Crippen LogP) is 4.50. The second-order valence-electron chi connectivity index (χ2n) is 5.39. The molecule has 0 aliphatic heterocycles. The number of hydrogen-bond donors (Lipinski definition) is 1. The number of anilines is 1. The van der Waals surface area contributed by atoms with Gasteiger partial charge in [-0.25, -0.2) is 4.98 Å². The lowest BCUT2D eigenvalue weighted by atomic mass is 10.1. The van der Waals surface area contributed by atoms with Gasteiger partial charge < -0.3 is 5.32 Å². The van der Waals surface area contributed by atoms with Crippen molar-refractivity contribution in [3.63, 3.8) is 0 Å². The Balaban J connectivity index is 1.69. The van der Waals surface area contributed by atoms with Crippen LogP contribution in [0.1, 0.15) is 23.5 Å². The standard InChI is InChI=1S/C16H12ClF3N2O/c17-13-4-2-1-3-10(13)11-8-12(11)15(23)22-14-7-9(5-6-21-14)16(18,19)20/h1-7,11-12H,8H2,(H,21,22,23)/t11-,12-/m1/s1. The highest BCUT2D eigenvalue weighted by atomic mass is 35.5. The van der Waals surface area contributed by atoms with Gasteiger partial charge in [0.1, 0.15) is 5.82 Å². The first-order valence-corrected chi connectivity index (χ1v) is 7.32. The van der Waals surface area contributed by atoms with Crippen LogP contribution in [0.15, 0.2) is 42.6 Å². The first-order chi connectivity index (χ1) is 10.9. The van der Waals surface area contributed by atoms with Gasteiger partial charge >= 0.3 is 6.18 Å². The average Bonchev–Trinajstić information content (AvgIpc) is 3.27. The number of carbonyl (C=O) groups is 1. The Labute approximate surface area is 135 Å². The van der Waals surface area contributed by atoms with E-state index in [4.69, 9.17) is 11.6 Å². The largest absolute Gasteiger partial charge is 0.416 e. The van der Waals surface area contributed by atoms with Gasteiger partial charge in [0.25, 0.3) is 0 Å². The number of hydrogen-bond acceptors (Lipinski definition) is 2. The molecule has 0 radical (unpaired) electrons. The molecule has 1 aliphatic rings. The van der Waals surface area contributed by atoms with Crippen molar-refractivity contribution in [2.45, 2.75) is 18.5 Å². The molecule has 1 amide bonds. The van der Waals surface area contributed by atoms with Crippen molar-refractivity contribution in [1.82, 2.24) is 4.98 Å². The van der Waals surface area contributed by atoms with Crippen LogP contribution in [0.2, 0.25) is 5.02 Å². The monoisotopic (exact) mass is 340 g/mol. The van der Waals surface area contributed by atoms with Crippen molar-refractivity contribution >= 4 is 23.3 Å². The molecule has 2 aromatic rings. The van der Waals surface area contributed by atoms with Crippen LogP contribution in [-0.4, -0.2) is 10.9 Å². The smallest absolute Gasteiger partial charge is 0.310 e. The molecule has 0 unspecified atom stereocenters. The SMILES string of the molecule is O=C(Nc1cc(C(F)(F)F)ccn1)[C@@H]1C[C@@H]1c1ccccc1Cl. The van der Waals surface area contributed by atoms with Crippen LogP contribution in [0.3, 0.4) is 0 Å². The third kappa shape index (κ3) is 3.47. The quantitative estimate of drug-likeness (QED) is 0.894. The molecule has 1 N–H and O–H groups in total. The molecule has 1 heterocycles. The molecule has 1 aromatic carbocycles. The fourth-order valence-corrected chi connectivity index (χ4v) is 2.77. The molecule has 2 atom stereocenters. The third-order valence-corrected chi connectivity index (χ3v) is 4.11. The number of nitrogens with one attached hydrogen (secondary N) is 1. The maximum Gasteiger partial charge on any atom is 0.416 e. The summed E-state index contributed by atoms with van der Waals surface area (Å²) in [5.41, 5.74) is 0.0348. The van der Waals surface area contributed by atoms with Crippen LogP contribution in [0.5, 0.6) is 0 Å². The molecule has 0 saturated heterocycles. The van der Waals surface area contributed by atoms with E-state index >= 15 is 0 Å². The van der Waals surface area contributed by atoms with Gasteiger partial charge in [-0.05, 0) is 36.1 Å². The molecule has 120 valence electrons. The Morgan fingerprint density at radius 2 is 2.00 bits per heavy atom. The number of alkyl halides is 3. The summed E-state index contributed by atoms with van der Waals surface area (Å²) in [7, 11) is 0. The van der Waals surface area contributed by atoms with Gasteiger partial charge in [0.15, 0.2) is 0 Å². The second-order valence-corrected chi connectivity index (χ2v) is 5.79. The number of nitrogens with zero attached hydrogens (tertiary/aromatic N) is 1.